The van der Waals surface area contributed by atoms with Crippen molar-refractivity contribution in [3.05, 3.63) is 36.4 Å². The van der Waals surface area contributed by atoms with Gasteiger partial charge in [0, 0.05) is 6.42 Å². The normalized spacial score (nSPS) is 11.4. The molecule has 0 heterocycles. The van der Waals surface area contributed by atoms with E-state index in [-0.39, 0.29) is 0 Å². The Morgan fingerprint density at radius 3 is 2.61 bits per heavy atom. The fourth-order valence-electron chi connectivity index (χ4n) is 1.86. The molecule has 0 aliphatic carbocycles. The van der Waals surface area contributed by atoms with E-state index in [1.165, 1.54) is 0 Å². The number of methoxy groups -OCH3 is 2. The van der Waals surface area contributed by atoms with Crippen molar-refractivity contribution in [2.75, 3.05) is 14.2 Å². The SMILES string of the molecule is C=CC(CCC#N)Cc1ccc(OC)c(OC)c1. The first-order valence-corrected chi connectivity index (χ1v) is 5.95. The Bertz CT molecular complexity index is 435. The van der Waals surface area contributed by atoms with Crippen LogP contribution in [0.5, 0.6) is 11.5 Å². The van der Waals surface area contributed by atoms with E-state index in [9.17, 15) is 0 Å². The molecule has 1 atom stereocenters. The van der Waals surface area contributed by atoms with Crippen LogP contribution in [0.2, 0.25) is 0 Å². The average molecular weight is 245 g/mol. The van der Waals surface area contributed by atoms with Gasteiger partial charge in [-0.2, -0.15) is 5.26 Å². The van der Waals surface area contributed by atoms with Crippen molar-refractivity contribution < 1.29 is 9.47 Å². The van der Waals surface area contributed by atoms with Gasteiger partial charge in [-0.3, -0.25) is 0 Å². The van der Waals surface area contributed by atoms with Gasteiger partial charge in [-0.15, -0.1) is 6.58 Å². The highest BCUT2D eigenvalue weighted by Gasteiger charge is 2.09. The van der Waals surface area contributed by atoms with Gasteiger partial charge in [0.1, 0.15) is 0 Å². The van der Waals surface area contributed by atoms with Gasteiger partial charge in [0.15, 0.2) is 11.5 Å². The number of hydrogen-bond donors (Lipinski definition) is 0. The number of ether oxygens (including phenoxy) is 2. The predicted molar refractivity (Wildman–Crippen MR) is 71.8 cm³/mol. The van der Waals surface area contributed by atoms with E-state index in [2.05, 4.69) is 12.6 Å². The zero-order chi connectivity index (χ0) is 13.4. The van der Waals surface area contributed by atoms with Crippen LogP contribution in [0.3, 0.4) is 0 Å². The van der Waals surface area contributed by atoms with Crippen LogP contribution in [0.1, 0.15) is 18.4 Å². The van der Waals surface area contributed by atoms with E-state index < -0.39 is 0 Å². The molecule has 1 unspecified atom stereocenters. The van der Waals surface area contributed by atoms with Gasteiger partial charge in [0.2, 0.25) is 0 Å². The summed E-state index contributed by atoms with van der Waals surface area (Å²) in [6, 6.07) is 8.06. The van der Waals surface area contributed by atoms with Crippen LogP contribution in [0.25, 0.3) is 0 Å². The molecule has 0 amide bonds. The lowest BCUT2D eigenvalue weighted by atomic mass is 9.95. The molecule has 3 nitrogen and oxygen atoms in total. The zero-order valence-electron chi connectivity index (χ0n) is 11.0. The van der Waals surface area contributed by atoms with Gasteiger partial charge in [-0.05, 0) is 36.5 Å². The van der Waals surface area contributed by atoms with E-state index in [4.69, 9.17) is 14.7 Å². The lowest BCUT2D eigenvalue weighted by molar-refractivity contribution is 0.354. The highest BCUT2D eigenvalue weighted by Crippen LogP contribution is 2.29. The number of allylic oxidation sites excluding steroid dienone is 1. The summed E-state index contributed by atoms with van der Waals surface area (Å²) in [5.41, 5.74) is 1.16. The molecule has 1 aromatic rings. The van der Waals surface area contributed by atoms with Crippen molar-refractivity contribution >= 4 is 0 Å². The lowest BCUT2D eigenvalue weighted by Gasteiger charge is -2.13. The van der Waals surface area contributed by atoms with E-state index in [0.717, 1.165) is 29.9 Å². The Morgan fingerprint density at radius 2 is 2.06 bits per heavy atom. The Kier molecular flexibility index (Phi) is 5.79. The van der Waals surface area contributed by atoms with Crippen molar-refractivity contribution in [1.29, 1.82) is 5.26 Å². The summed E-state index contributed by atoms with van der Waals surface area (Å²) in [6.45, 7) is 3.82. The highest BCUT2D eigenvalue weighted by atomic mass is 16.5. The van der Waals surface area contributed by atoms with Gasteiger partial charge < -0.3 is 9.47 Å². The summed E-state index contributed by atoms with van der Waals surface area (Å²) in [6.07, 6.45) is 4.18. The predicted octanol–water partition coefficient (Wildman–Crippen LogP) is 3.35. The number of rotatable bonds is 7. The standard InChI is InChI=1S/C15H19NO2/c1-4-12(6-5-9-16)10-13-7-8-14(17-2)15(11-13)18-3/h4,7-8,11-12H,1,5-6,10H2,2-3H3. The van der Waals surface area contributed by atoms with Crippen molar-refractivity contribution in [2.45, 2.75) is 19.3 Å². The van der Waals surface area contributed by atoms with Crippen molar-refractivity contribution in [1.82, 2.24) is 0 Å². The number of nitrogens with zero attached hydrogens (tertiary/aromatic N) is 1. The number of benzene rings is 1. The molecule has 18 heavy (non-hydrogen) atoms. The van der Waals surface area contributed by atoms with E-state index >= 15 is 0 Å². The third-order valence-corrected chi connectivity index (χ3v) is 2.91. The first-order valence-electron chi connectivity index (χ1n) is 5.95. The molecular formula is C15H19NO2. The first-order chi connectivity index (χ1) is 8.74. The molecule has 96 valence electrons. The van der Waals surface area contributed by atoms with Gasteiger partial charge in [-0.1, -0.05) is 12.1 Å². The molecule has 1 rings (SSSR count). The van der Waals surface area contributed by atoms with Crippen LogP contribution in [0, 0.1) is 17.2 Å². The van der Waals surface area contributed by atoms with Crippen molar-refractivity contribution in [3.8, 4) is 17.6 Å². The van der Waals surface area contributed by atoms with Crippen LogP contribution < -0.4 is 9.47 Å². The van der Waals surface area contributed by atoms with Gasteiger partial charge in [0.25, 0.3) is 0 Å². The van der Waals surface area contributed by atoms with Crippen LogP contribution >= 0.6 is 0 Å². The van der Waals surface area contributed by atoms with Gasteiger partial charge in [0.05, 0.1) is 20.3 Å². The second-order valence-corrected chi connectivity index (χ2v) is 4.09. The maximum atomic E-state index is 8.61. The van der Waals surface area contributed by atoms with Gasteiger partial charge in [-0.25, -0.2) is 0 Å². The molecule has 0 spiro atoms. The lowest BCUT2D eigenvalue weighted by Crippen LogP contribution is -2.01. The Hall–Kier alpha value is -1.95. The summed E-state index contributed by atoms with van der Waals surface area (Å²) in [5.74, 6) is 1.79. The summed E-state index contributed by atoms with van der Waals surface area (Å²) in [7, 11) is 3.25. The molecule has 3 heteroatoms. The smallest absolute Gasteiger partial charge is 0.160 e. The van der Waals surface area contributed by atoms with Crippen molar-refractivity contribution in [3.63, 3.8) is 0 Å². The highest BCUT2D eigenvalue weighted by molar-refractivity contribution is 5.43. The van der Waals surface area contributed by atoms with Crippen LogP contribution in [-0.4, -0.2) is 14.2 Å². The quantitative estimate of drug-likeness (QED) is 0.692. The second kappa shape index (κ2) is 7.39. The molecule has 0 aromatic heterocycles. The van der Waals surface area contributed by atoms with Crippen molar-refractivity contribution in [2.24, 2.45) is 5.92 Å². The van der Waals surface area contributed by atoms with Gasteiger partial charge >= 0.3 is 0 Å². The zero-order valence-corrected chi connectivity index (χ0v) is 11.0. The van der Waals surface area contributed by atoms with E-state index in [0.29, 0.717) is 12.3 Å². The maximum absolute atomic E-state index is 8.61. The molecule has 0 N–H and O–H groups in total. The average Bonchev–Trinajstić information content (AvgIpc) is 2.43. The summed E-state index contributed by atoms with van der Waals surface area (Å²) in [4.78, 5) is 0. The summed E-state index contributed by atoms with van der Waals surface area (Å²) in [5, 5.41) is 8.61. The molecular weight excluding hydrogens is 226 g/mol. The van der Waals surface area contributed by atoms with E-state index in [1.54, 1.807) is 14.2 Å². The molecule has 0 saturated carbocycles. The minimum Gasteiger partial charge on any atom is -0.493 e. The molecule has 0 radical (unpaired) electrons. The van der Waals surface area contributed by atoms with Crippen LogP contribution in [-0.2, 0) is 6.42 Å². The molecule has 1 aromatic carbocycles. The number of nitriles is 1. The van der Waals surface area contributed by atoms with Crippen LogP contribution in [0.15, 0.2) is 30.9 Å². The Labute approximate surface area is 109 Å². The molecule has 0 aliphatic rings. The fourth-order valence-corrected chi connectivity index (χ4v) is 1.86. The summed E-state index contributed by atoms with van der Waals surface area (Å²) >= 11 is 0. The topological polar surface area (TPSA) is 42.2 Å². The fraction of sp³-hybridized carbons (Fsp3) is 0.400. The second-order valence-electron chi connectivity index (χ2n) is 4.09. The third-order valence-electron chi connectivity index (χ3n) is 2.91. The minimum absolute atomic E-state index is 0.322. The molecule has 0 aliphatic heterocycles. The van der Waals surface area contributed by atoms with E-state index in [1.807, 2.05) is 24.3 Å². The molecule has 0 fully saturated rings. The largest absolute Gasteiger partial charge is 0.493 e. The third kappa shape index (κ3) is 3.81. The Morgan fingerprint density at radius 1 is 1.33 bits per heavy atom. The summed E-state index contributed by atoms with van der Waals surface area (Å²) < 4.78 is 10.5. The Balaban J connectivity index is 2.77. The number of hydrogen-bond acceptors (Lipinski definition) is 3. The first kappa shape index (κ1) is 14.1. The monoisotopic (exact) mass is 245 g/mol. The minimum atomic E-state index is 0.322. The molecule has 0 saturated heterocycles. The maximum Gasteiger partial charge on any atom is 0.160 e. The van der Waals surface area contributed by atoms with Crippen LogP contribution in [0.4, 0.5) is 0 Å². The molecule has 0 bridgehead atoms.